The summed E-state index contributed by atoms with van der Waals surface area (Å²) < 4.78 is 42.4. The molecule has 1 aromatic rings. The summed E-state index contributed by atoms with van der Waals surface area (Å²) in [6.45, 7) is -0.446. The number of amides is 1. The number of halogens is 3. The predicted octanol–water partition coefficient (Wildman–Crippen LogP) is 1.93. The number of carbonyl (C=O) groups is 1. The molecule has 17 heavy (non-hydrogen) atoms. The molecule has 0 bridgehead atoms. The Labute approximate surface area is 95.2 Å². The first-order valence-corrected chi connectivity index (χ1v) is 4.65. The van der Waals surface area contributed by atoms with E-state index in [2.05, 4.69) is 0 Å². The normalized spacial score (nSPS) is 11.1. The molecule has 4 nitrogen and oxygen atoms in total. The van der Waals surface area contributed by atoms with Crippen molar-refractivity contribution in [3.63, 3.8) is 0 Å². The molecular weight excluding hydrogens is 239 g/mol. The standard InChI is InChI=1S/C10H10F3NO3/c11-10(12,13)8-3-1-2-4-9(8)17-6-5-14(16)7-15/h1-4,7,16H,5-6H2. The second-order valence-electron chi connectivity index (χ2n) is 3.11. The van der Waals surface area contributed by atoms with Crippen molar-refractivity contribution in [1.29, 1.82) is 0 Å². The van der Waals surface area contributed by atoms with E-state index in [-0.39, 0.29) is 30.4 Å². The largest absolute Gasteiger partial charge is 0.491 e. The quantitative estimate of drug-likeness (QED) is 0.493. The number of hydrogen-bond donors (Lipinski definition) is 1. The summed E-state index contributed by atoms with van der Waals surface area (Å²) in [4.78, 5) is 10.0. The summed E-state index contributed by atoms with van der Waals surface area (Å²) in [6.07, 6.45) is -4.36. The number of rotatable bonds is 5. The smallest absolute Gasteiger partial charge is 0.419 e. The van der Waals surface area contributed by atoms with E-state index in [1.807, 2.05) is 0 Å². The highest BCUT2D eigenvalue weighted by Gasteiger charge is 2.33. The van der Waals surface area contributed by atoms with Crippen LogP contribution in [0.5, 0.6) is 5.75 Å². The van der Waals surface area contributed by atoms with E-state index >= 15 is 0 Å². The number of nitrogens with zero attached hydrogens (tertiary/aromatic N) is 1. The van der Waals surface area contributed by atoms with Crippen LogP contribution in [-0.4, -0.2) is 29.8 Å². The summed E-state index contributed by atoms with van der Waals surface area (Å²) in [7, 11) is 0. The minimum absolute atomic E-state index is 0.138. The van der Waals surface area contributed by atoms with Crippen molar-refractivity contribution in [3.8, 4) is 5.75 Å². The third-order valence-electron chi connectivity index (χ3n) is 1.89. The van der Waals surface area contributed by atoms with Gasteiger partial charge in [-0.2, -0.15) is 13.2 Å². The number of hydroxylamine groups is 2. The SMILES string of the molecule is O=CN(O)CCOc1ccccc1C(F)(F)F. The van der Waals surface area contributed by atoms with Crippen molar-refractivity contribution >= 4 is 6.41 Å². The van der Waals surface area contributed by atoms with E-state index in [1.165, 1.54) is 18.2 Å². The molecule has 1 aromatic carbocycles. The number of para-hydroxylation sites is 1. The van der Waals surface area contributed by atoms with Gasteiger partial charge in [-0.15, -0.1) is 0 Å². The van der Waals surface area contributed by atoms with E-state index in [4.69, 9.17) is 9.94 Å². The molecule has 94 valence electrons. The van der Waals surface area contributed by atoms with Crippen LogP contribution in [0, 0.1) is 0 Å². The van der Waals surface area contributed by atoms with E-state index in [0.717, 1.165) is 6.07 Å². The molecule has 0 unspecified atom stereocenters. The van der Waals surface area contributed by atoms with Gasteiger partial charge in [0.2, 0.25) is 6.41 Å². The third-order valence-corrected chi connectivity index (χ3v) is 1.89. The predicted molar refractivity (Wildman–Crippen MR) is 51.5 cm³/mol. The van der Waals surface area contributed by atoms with Crippen LogP contribution in [0.1, 0.15) is 5.56 Å². The van der Waals surface area contributed by atoms with Crippen molar-refractivity contribution < 1.29 is 27.9 Å². The number of carbonyl (C=O) groups excluding carboxylic acids is 1. The molecular formula is C10H10F3NO3. The van der Waals surface area contributed by atoms with E-state index < -0.39 is 11.7 Å². The van der Waals surface area contributed by atoms with Crippen molar-refractivity contribution in [3.05, 3.63) is 29.8 Å². The second-order valence-corrected chi connectivity index (χ2v) is 3.11. The molecule has 7 heteroatoms. The zero-order chi connectivity index (χ0) is 12.9. The van der Waals surface area contributed by atoms with Crippen LogP contribution in [-0.2, 0) is 11.0 Å². The minimum Gasteiger partial charge on any atom is -0.491 e. The molecule has 0 aliphatic rings. The van der Waals surface area contributed by atoms with E-state index in [0.29, 0.717) is 0 Å². The van der Waals surface area contributed by atoms with Crippen LogP contribution in [0.15, 0.2) is 24.3 Å². The number of alkyl halides is 3. The van der Waals surface area contributed by atoms with Crippen molar-refractivity contribution in [2.24, 2.45) is 0 Å². The fraction of sp³-hybridized carbons (Fsp3) is 0.300. The molecule has 0 saturated heterocycles. The van der Waals surface area contributed by atoms with Gasteiger partial charge >= 0.3 is 6.18 Å². The second kappa shape index (κ2) is 5.53. The third kappa shape index (κ3) is 3.95. The Morgan fingerprint density at radius 2 is 2.00 bits per heavy atom. The van der Waals surface area contributed by atoms with Crippen LogP contribution in [0.25, 0.3) is 0 Å². The first-order chi connectivity index (χ1) is 7.95. The van der Waals surface area contributed by atoms with Crippen LogP contribution in [0.3, 0.4) is 0 Å². The Morgan fingerprint density at radius 3 is 2.59 bits per heavy atom. The van der Waals surface area contributed by atoms with Gasteiger partial charge in [0.1, 0.15) is 12.4 Å². The van der Waals surface area contributed by atoms with Gasteiger partial charge in [0.25, 0.3) is 0 Å². The van der Waals surface area contributed by atoms with Gasteiger partial charge in [-0.1, -0.05) is 12.1 Å². The van der Waals surface area contributed by atoms with Gasteiger partial charge in [-0.05, 0) is 12.1 Å². The maximum atomic E-state index is 12.5. The van der Waals surface area contributed by atoms with Gasteiger partial charge in [0, 0.05) is 0 Å². The lowest BCUT2D eigenvalue weighted by atomic mass is 10.2. The summed E-state index contributed by atoms with van der Waals surface area (Å²) in [5.41, 5.74) is -0.893. The lowest BCUT2D eigenvalue weighted by Crippen LogP contribution is -2.23. The lowest BCUT2D eigenvalue weighted by Gasteiger charge is -2.14. The van der Waals surface area contributed by atoms with Gasteiger partial charge in [-0.25, -0.2) is 5.06 Å². The Kier molecular flexibility index (Phi) is 4.33. The summed E-state index contributed by atoms with van der Waals surface area (Å²) >= 11 is 0. The highest BCUT2D eigenvalue weighted by atomic mass is 19.4. The van der Waals surface area contributed by atoms with Crippen molar-refractivity contribution in [1.82, 2.24) is 5.06 Å². The zero-order valence-corrected chi connectivity index (χ0v) is 8.65. The van der Waals surface area contributed by atoms with Crippen LogP contribution >= 0.6 is 0 Å². The molecule has 1 amide bonds. The molecule has 0 aromatic heterocycles. The first-order valence-electron chi connectivity index (χ1n) is 4.65. The topological polar surface area (TPSA) is 49.8 Å². The van der Waals surface area contributed by atoms with Gasteiger partial charge in [-0.3, -0.25) is 10.0 Å². The number of hydrogen-bond acceptors (Lipinski definition) is 3. The highest BCUT2D eigenvalue weighted by Crippen LogP contribution is 2.35. The Hall–Kier alpha value is -1.76. The average molecular weight is 249 g/mol. The number of ether oxygens (including phenoxy) is 1. The summed E-state index contributed by atoms with van der Waals surface area (Å²) in [6, 6.07) is 4.72. The maximum Gasteiger partial charge on any atom is 0.419 e. The lowest BCUT2D eigenvalue weighted by molar-refractivity contribution is -0.151. The molecule has 0 spiro atoms. The van der Waals surface area contributed by atoms with E-state index in [1.54, 1.807) is 0 Å². The monoisotopic (exact) mass is 249 g/mol. The van der Waals surface area contributed by atoms with Crippen LogP contribution in [0.4, 0.5) is 13.2 Å². The molecule has 0 fully saturated rings. The maximum absolute atomic E-state index is 12.5. The zero-order valence-electron chi connectivity index (χ0n) is 8.65. The molecule has 0 aliphatic carbocycles. The fourth-order valence-corrected chi connectivity index (χ4v) is 1.13. The Morgan fingerprint density at radius 1 is 1.35 bits per heavy atom. The summed E-state index contributed by atoms with van der Waals surface area (Å²) in [5.74, 6) is -0.334. The molecule has 0 aliphatic heterocycles. The van der Waals surface area contributed by atoms with Crippen LogP contribution < -0.4 is 4.74 Å². The fourth-order valence-electron chi connectivity index (χ4n) is 1.13. The molecule has 0 atom stereocenters. The van der Waals surface area contributed by atoms with Crippen LogP contribution in [0.2, 0.25) is 0 Å². The molecule has 0 radical (unpaired) electrons. The average Bonchev–Trinajstić information content (AvgIpc) is 2.28. The summed E-state index contributed by atoms with van der Waals surface area (Å²) in [5, 5.41) is 9.02. The number of benzene rings is 1. The molecule has 0 heterocycles. The van der Waals surface area contributed by atoms with E-state index in [9.17, 15) is 18.0 Å². The molecule has 1 N–H and O–H groups in total. The van der Waals surface area contributed by atoms with Gasteiger partial charge in [0.05, 0.1) is 12.1 Å². The molecule has 0 saturated carbocycles. The van der Waals surface area contributed by atoms with Gasteiger partial charge in [0.15, 0.2) is 0 Å². The highest BCUT2D eigenvalue weighted by molar-refractivity contribution is 5.44. The Bertz CT molecular complexity index is 381. The molecule has 1 rings (SSSR count). The van der Waals surface area contributed by atoms with Crippen molar-refractivity contribution in [2.75, 3.05) is 13.2 Å². The first kappa shape index (κ1) is 13.3. The Balaban J connectivity index is 2.68. The van der Waals surface area contributed by atoms with Crippen molar-refractivity contribution in [2.45, 2.75) is 6.18 Å². The minimum atomic E-state index is -4.50. The van der Waals surface area contributed by atoms with Gasteiger partial charge < -0.3 is 4.74 Å².